The van der Waals surface area contributed by atoms with Crippen molar-refractivity contribution in [3.8, 4) is 0 Å². The van der Waals surface area contributed by atoms with Crippen molar-refractivity contribution in [2.45, 2.75) is 0 Å². The van der Waals surface area contributed by atoms with Gasteiger partial charge in [-0.15, -0.1) is 0 Å². The van der Waals surface area contributed by atoms with Crippen molar-refractivity contribution in [1.82, 2.24) is 14.8 Å². The lowest BCUT2D eigenvalue weighted by Crippen LogP contribution is -2.13. The highest BCUT2D eigenvalue weighted by atomic mass is 35.5. The minimum Gasteiger partial charge on any atom is -0.319 e. The second-order valence-electron chi connectivity index (χ2n) is 3.35. The lowest BCUT2D eigenvalue weighted by molar-refractivity contribution is 0.102. The highest BCUT2D eigenvalue weighted by Crippen LogP contribution is 2.15. The molecule has 2 heterocycles. The number of anilines is 1. The van der Waals surface area contributed by atoms with E-state index in [2.05, 4.69) is 15.4 Å². The SMILES string of the molecule is Cn1cc(NC(=O)c2cc(F)cnc2Cl)cn1. The van der Waals surface area contributed by atoms with E-state index in [9.17, 15) is 9.18 Å². The number of pyridine rings is 1. The van der Waals surface area contributed by atoms with Gasteiger partial charge in [-0.3, -0.25) is 9.48 Å². The van der Waals surface area contributed by atoms with Crippen molar-refractivity contribution >= 4 is 23.2 Å². The molecule has 88 valence electrons. The molecule has 1 amide bonds. The van der Waals surface area contributed by atoms with Crippen molar-refractivity contribution in [3.05, 3.63) is 41.2 Å². The summed E-state index contributed by atoms with van der Waals surface area (Å²) in [5, 5.41) is 6.37. The van der Waals surface area contributed by atoms with Crippen LogP contribution in [0.5, 0.6) is 0 Å². The number of rotatable bonds is 2. The number of aryl methyl sites for hydroxylation is 1. The third kappa shape index (κ3) is 2.59. The fourth-order valence-corrected chi connectivity index (χ4v) is 1.46. The van der Waals surface area contributed by atoms with Gasteiger partial charge < -0.3 is 5.32 Å². The Morgan fingerprint density at radius 2 is 2.29 bits per heavy atom. The Hall–Kier alpha value is -1.95. The molecule has 0 aliphatic carbocycles. The van der Waals surface area contributed by atoms with Gasteiger partial charge >= 0.3 is 0 Å². The third-order valence-electron chi connectivity index (χ3n) is 2.01. The van der Waals surface area contributed by atoms with Gasteiger partial charge in [0, 0.05) is 13.2 Å². The Labute approximate surface area is 101 Å². The van der Waals surface area contributed by atoms with Crippen LogP contribution in [0.25, 0.3) is 0 Å². The molecule has 0 aromatic carbocycles. The van der Waals surface area contributed by atoms with Crippen LogP contribution in [-0.4, -0.2) is 20.7 Å². The second-order valence-corrected chi connectivity index (χ2v) is 3.71. The van der Waals surface area contributed by atoms with Gasteiger partial charge in [-0.2, -0.15) is 5.10 Å². The lowest BCUT2D eigenvalue weighted by atomic mass is 10.2. The van der Waals surface area contributed by atoms with Crippen molar-refractivity contribution in [1.29, 1.82) is 0 Å². The number of hydrogen-bond acceptors (Lipinski definition) is 3. The minimum atomic E-state index is -0.620. The highest BCUT2D eigenvalue weighted by molar-refractivity contribution is 6.33. The maximum Gasteiger partial charge on any atom is 0.258 e. The fraction of sp³-hybridized carbons (Fsp3) is 0.100. The van der Waals surface area contributed by atoms with E-state index in [1.807, 2.05) is 0 Å². The Balaban J connectivity index is 2.22. The Morgan fingerprint density at radius 3 is 2.94 bits per heavy atom. The van der Waals surface area contributed by atoms with E-state index in [0.717, 1.165) is 12.3 Å². The molecule has 7 heteroatoms. The summed E-state index contributed by atoms with van der Waals surface area (Å²) in [5.74, 6) is -1.15. The van der Waals surface area contributed by atoms with Gasteiger partial charge in [0.1, 0.15) is 11.0 Å². The molecule has 5 nitrogen and oxygen atoms in total. The van der Waals surface area contributed by atoms with E-state index in [1.54, 1.807) is 13.2 Å². The number of hydrogen-bond donors (Lipinski definition) is 1. The first-order valence-corrected chi connectivity index (χ1v) is 5.05. The highest BCUT2D eigenvalue weighted by Gasteiger charge is 2.13. The van der Waals surface area contributed by atoms with Crippen LogP contribution in [0.1, 0.15) is 10.4 Å². The number of carbonyl (C=O) groups excluding carboxylic acids is 1. The molecule has 0 spiro atoms. The van der Waals surface area contributed by atoms with Crippen LogP contribution in [0.15, 0.2) is 24.7 Å². The summed E-state index contributed by atoms with van der Waals surface area (Å²) in [5.41, 5.74) is 0.480. The normalized spacial score (nSPS) is 10.3. The summed E-state index contributed by atoms with van der Waals surface area (Å²) in [7, 11) is 1.71. The Morgan fingerprint density at radius 1 is 1.53 bits per heavy atom. The van der Waals surface area contributed by atoms with Crippen molar-refractivity contribution in [2.24, 2.45) is 7.05 Å². The summed E-state index contributed by atoms with van der Waals surface area (Å²) >= 11 is 5.70. The number of nitrogens with zero attached hydrogens (tertiary/aromatic N) is 3. The first kappa shape index (κ1) is 11.5. The zero-order valence-corrected chi connectivity index (χ0v) is 9.57. The van der Waals surface area contributed by atoms with E-state index in [4.69, 9.17) is 11.6 Å². The lowest BCUT2D eigenvalue weighted by Gasteiger charge is -2.03. The zero-order chi connectivity index (χ0) is 12.4. The van der Waals surface area contributed by atoms with Crippen LogP contribution in [-0.2, 0) is 7.05 Å². The molecule has 2 aromatic heterocycles. The van der Waals surface area contributed by atoms with Crippen LogP contribution < -0.4 is 5.32 Å². The monoisotopic (exact) mass is 254 g/mol. The standard InChI is InChI=1S/C10H8ClFN4O/c1-16-5-7(4-14-16)15-10(17)8-2-6(12)3-13-9(8)11/h2-5H,1H3,(H,15,17). The molecule has 2 rings (SSSR count). The van der Waals surface area contributed by atoms with Gasteiger partial charge in [-0.05, 0) is 6.07 Å². The van der Waals surface area contributed by atoms with E-state index < -0.39 is 11.7 Å². The number of halogens is 2. The molecule has 0 saturated heterocycles. The molecular formula is C10H8ClFN4O. The van der Waals surface area contributed by atoms with E-state index >= 15 is 0 Å². The first-order chi connectivity index (χ1) is 8.06. The second kappa shape index (κ2) is 4.50. The quantitative estimate of drug-likeness (QED) is 0.832. The smallest absolute Gasteiger partial charge is 0.258 e. The van der Waals surface area contributed by atoms with Crippen LogP contribution in [0, 0.1) is 5.82 Å². The molecule has 0 fully saturated rings. The van der Waals surface area contributed by atoms with E-state index in [-0.39, 0.29) is 10.7 Å². The van der Waals surface area contributed by atoms with Crippen LogP contribution in [0.4, 0.5) is 10.1 Å². The van der Waals surface area contributed by atoms with E-state index in [1.165, 1.54) is 10.9 Å². The molecule has 1 N–H and O–H groups in total. The van der Waals surface area contributed by atoms with Crippen molar-refractivity contribution in [2.75, 3.05) is 5.32 Å². The van der Waals surface area contributed by atoms with Gasteiger partial charge in [0.2, 0.25) is 0 Å². The van der Waals surface area contributed by atoms with Crippen LogP contribution >= 0.6 is 11.6 Å². The average Bonchev–Trinajstić information content (AvgIpc) is 2.67. The van der Waals surface area contributed by atoms with Gasteiger partial charge in [0.05, 0.1) is 23.6 Å². The van der Waals surface area contributed by atoms with Gasteiger partial charge in [-0.25, -0.2) is 9.37 Å². The van der Waals surface area contributed by atoms with Crippen LogP contribution in [0.2, 0.25) is 5.15 Å². The summed E-state index contributed by atoms with van der Waals surface area (Å²) in [6, 6.07) is 1.03. The first-order valence-electron chi connectivity index (χ1n) is 4.67. The largest absolute Gasteiger partial charge is 0.319 e. The number of carbonyl (C=O) groups is 1. The van der Waals surface area contributed by atoms with Gasteiger partial charge in [0.15, 0.2) is 0 Å². The van der Waals surface area contributed by atoms with Crippen LogP contribution in [0.3, 0.4) is 0 Å². The van der Waals surface area contributed by atoms with Crippen molar-refractivity contribution in [3.63, 3.8) is 0 Å². The summed E-state index contributed by atoms with van der Waals surface area (Å²) in [4.78, 5) is 15.3. The fourth-order valence-electron chi connectivity index (χ4n) is 1.27. The Bertz CT molecular complexity index is 569. The van der Waals surface area contributed by atoms with E-state index in [0.29, 0.717) is 5.69 Å². The molecule has 0 unspecified atom stereocenters. The molecule has 0 atom stereocenters. The zero-order valence-electron chi connectivity index (χ0n) is 8.82. The summed E-state index contributed by atoms with van der Waals surface area (Å²) in [6.45, 7) is 0. The Kier molecular flexibility index (Phi) is 3.06. The summed E-state index contributed by atoms with van der Waals surface area (Å²) in [6.07, 6.45) is 4.03. The summed E-state index contributed by atoms with van der Waals surface area (Å²) < 4.78 is 14.5. The molecule has 0 saturated carbocycles. The molecule has 0 bridgehead atoms. The predicted octanol–water partition coefficient (Wildman–Crippen LogP) is 1.86. The van der Waals surface area contributed by atoms with Gasteiger partial charge in [-0.1, -0.05) is 11.6 Å². The molecule has 17 heavy (non-hydrogen) atoms. The maximum absolute atomic E-state index is 12.9. The number of amides is 1. The third-order valence-corrected chi connectivity index (χ3v) is 2.31. The molecule has 0 aliphatic rings. The predicted molar refractivity (Wildman–Crippen MR) is 60.4 cm³/mol. The molecular weight excluding hydrogens is 247 g/mol. The minimum absolute atomic E-state index is 0.0180. The van der Waals surface area contributed by atoms with Crippen molar-refractivity contribution < 1.29 is 9.18 Å². The average molecular weight is 255 g/mol. The number of nitrogens with one attached hydrogen (secondary N) is 1. The topological polar surface area (TPSA) is 59.8 Å². The maximum atomic E-state index is 12.9. The number of aromatic nitrogens is 3. The molecule has 0 aliphatic heterocycles. The van der Waals surface area contributed by atoms with Gasteiger partial charge in [0.25, 0.3) is 5.91 Å². The molecule has 0 radical (unpaired) electrons. The molecule has 2 aromatic rings.